The Morgan fingerprint density at radius 2 is 2.29 bits per heavy atom. The number of ether oxygens (including phenoxy) is 1. The Morgan fingerprint density at radius 1 is 1.57 bits per heavy atom. The fourth-order valence-corrected chi connectivity index (χ4v) is 3.62. The smallest absolute Gasteiger partial charge is 0.0938 e. The highest BCUT2D eigenvalue weighted by Crippen LogP contribution is 2.34. The lowest BCUT2D eigenvalue weighted by molar-refractivity contribution is 0.123. The Balaban J connectivity index is 2.46. The molecule has 1 fully saturated rings. The predicted molar refractivity (Wildman–Crippen MR) is 60.6 cm³/mol. The highest BCUT2D eigenvalue weighted by Gasteiger charge is 2.36. The highest BCUT2D eigenvalue weighted by atomic mass is 32.2. The molecule has 0 amide bonds. The van der Waals surface area contributed by atoms with Crippen LogP contribution in [0.1, 0.15) is 33.6 Å². The Morgan fingerprint density at radius 3 is 2.71 bits per heavy atom. The second-order valence-electron chi connectivity index (χ2n) is 4.40. The molecular weight excluding hydrogens is 196 g/mol. The molecule has 0 radical (unpaired) electrons. The second-order valence-corrected chi connectivity index (χ2v) is 5.97. The van der Waals surface area contributed by atoms with Crippen molar-refractivity contribution < 1.29 is 8.95 Å². The second kappa shape index (κ2) is 4.96. The molecule has 1 aliphatic heterocycles. The third kappa shape index (κ3) is 3.12. The van der Waals surface area contributed by atoms with Gasteiger partial charge in [-0.3, -0.25) is 4.21 Å². The van der Waals surface area contributed by atoms with Crippen LogP contribution in [-0.4, -0.2) is 22.3 Å². The molecule has 2 atom stereocenters. The van der Waals surface area contributed by atoms with Crippen LogP contribution in [0.2, 0.25) is 0 Å². The van der Waals surface area contributed by atoms with Crippen LogP contribution in [0.4, 0.5) is 0 Å². The van der Waals surface area contributed by atoms with E-state index in [1.165, 1.54) is 5.57 Å². The van der Waals surface area contributed by atoms with Crippen LogP contribution in [0.15, 0.2) is 11.8 Å². The zero-order chi connectivity index (χ0) is 10.6. The van der Waals surface area contributed by atoms with Crippen LogP contribution >= 0.6 is 0 Å². The molecule has 82 valence electrons. The van der Waals surface area contributed by atoms with Crippen LogP contribution < -0.4 is 0 Å². The Kier molecular flexibility index (Phi) is 4.17. The van der Waals surface area contributed by atoms with E-state index in [-0.39, 0.29) is 5.41 Å². The highest BCUT2D eigenvalue weighted by molar-refractivity contribution is 7.85. The zero-order valence-corrected chi connectivity index (χ0v) is 10.2. The summed E-state index contributed by atoms with van der Waals surface area (Å²) in [5, 5.41) is 0. The van der Waals surface area contributed by atoms with Gasteiger partial charge in [0, 0.05) is 27.7 Å². The van der Waals surface area contributed by atoms with Gasteiger partial charge < -0.3 is 4.74 Å². The normalized spacial score (nSPS) is 31.5. The fraction of sp³-hybridized carbons (Fsp3) is 0.818. The van der Waals surface area contributed by atoms with Crippen molar-refractivity contribution in [3.63, 3.8) is 0 Å². The van der Waals surface area contributed by atoms with Crippen molar-refractivity contribution in [1.29, 1.82) is 0 Å². The fourth-order valence-electron chi connectivity index (χ4n) is 1.70. The molecule has 1 aliphatic rings. The van der Waals surface area contributed by atoms with Crippen molar-refractivity contribution in [2.45, 2.75) is 33.6 Å². The molecule has 0 aliphatic carbocycles. The first-order chi connectivity index (χ1) is 6.58. The van der Waals surface area contributed by atoms with Gasteiger partial charge in [-0.15, -0.1) is 0 Å². The molecule has 0 bridgehead atoms. The summed E-state index contributed by atoms with van der Waals surface area (Å²) >= 11 is 0. The summed E-state index contributed by atoms with van der Waals surface area (Å²) in [6.45, 7) is 6.92. The first-order valence-electron chi connectivity index (χ1n) is 5.18. The molecule has 0 aromatic carbocycles. The van der Waals surface area contributed by atoms with E-state index in [9.17, 15) is 4.21 Å². The molecule has 1 rings (SSSR count). The third-order valence-corrected chi connectivity index (χ3v) is 4.38. The molecular formula is C11H20O2S. The Bertz CT molecular complexity index is 244. The van der Waals surface area contributed by atoms with E-state index in [2.05, 4.69) is 6.92 Å². The van der Waals surface area contributed by atoms with E-state index in [0.717, 1.165) is 31.0 Å². The number of rotatable bonds is 4. The summed E-state index contributed by atoms with van der Waals surface area (Å²) in [6.07, 6.45) is 3.92. The summed E-state index contributed by atoms with van der Waals surface area (Å²) in [5.74, 6) is 1.67. The minimum atomic E-state index is -0.607. The molecule has 0 aromatic heterocycles. The molecule has 2 unspecified atom stereocenters. The summed E-state index contributed by atoms with van der Waals surface area (Å²) in [7, 11) is -0.607. The van der Waals surface area contributed by atoms with Crippen LogP contribution in [-0.2, 0) is 15.5 Å². The average molecular weight is 216 g/mol. The molecule has 3 heteroatoms. The maximum Gasteiger partial charge on any atom is 0.0938 e. The maximum absolute atomic E-state index is 11.4. The van der Waals surface area contributed by atoms with Gasteiger partial charge in [0.25, 0.3) is 0 Å². The zero-order valence-electron chi connectivity index (χ0n) is 9.34. The first kappa shape index (κ1) is 11.8. The van der Waals surface area contributed by atoms with Crippen LogP contribution in [0.3, 0.4) is 0 Å². The van der Waals surface area contributed by atoms with Gasteiger partial charge in [-0.1, -0.05) is 6.92 Å². The quantitative estimate of drug-likeness (QED) is 0.675. The summed E-state index contributed by atoms with van der Waals surface area (Å²) in [5.41, 5.74) is 1.35. The molecule has 14 heavy (non-hydrogen) atoms. The van der Waals surface area contributed by atoms with E-state index in [1.54, 1.807) is 6.26 Å². The molecule has 2 nitrogen and oxygen atoms in total. The summed E-state index contributed by atoms with van der Waals surface area (Å²) < 4.78 is 16.9. The van der Waals surface area contributed by atoms with Crippen molar-refractivity contribution in [3.8, 4) is 0 Å². The van der Waals surface area contributed by atoms with Gasteiger partial charge in [0.05, 0.1) is 12.9 Å². The average Bonchev–Trinajstić information content (AvgIpc) is 2.48. The summed E-state index contributed by atoms with van der Waals surface area (Å²) in [4.78, 5) is 0. The van der Waals surface area contributed by atoms with E-state index in [1.807, 2.05) is 13.8 Å². The monoisotopic (exact) mass is 216 g/mol. The number of allylic oxidation sites excluding steroid dienone is 1. The largest absolute Gasteiger partial charge is 0.501 e. The van der Waals surface area contributed by atoms with Crippen LogP contribution in [0.25, 0.3) is 0 Å². The van der Waals surface area contributed by atoms with E-state index in [0.29, 0.717) is 0 Å². The van der Waals surface area contributed by atoms with Gasteiger partial charge in [0.1, 0.15) is 0 Å². The minimum absolute atomic E-state index is 0.177. The summed E-state index contributed by atoms with van der Waals surface area (Å²) in [6, 6.07) is 0. The lowest BCUT2D eigenvalue weighted by Gasteiger charge is -2.25. The van der Waals surface area contributed by atoms with Crippen molar-refractivity contribution >= 4 is 10.8 Å². The molecule has 0 aromatic rings. The SMILES string of the molecule is CCC1(COC=C(C)C)CCS(=O)C1. The van der Waals surface area contributed by atoms with Crippen LogP contribution in [0, 0.1) is 5.41 Å². The van der Waals surface area contributed by atoms with Crippen molar-refractivity contribution in [1.82, 2.24) is 0 Å². The van der Waals surface area contributed by atoms with Crippen molar-refractivity contribution in [3.05, 3.63) is 11.8 Å². The van der Waals surface area contributed by atoms with Crippen LogP contribution in [0.5, 0.6) is 0 Å². The predicted octanol–water partition coefficient (Wildman–Crippen LogP) is 2.48. The van der Waals surface area contributed by atoms with Crippen molar-refractivity contribution in [2.75, 3.05) is 18.1 Å². The number of hydrogen-bond donors (Lipinski definition) is 0. The van der Waals surface area contributed by atoms with Gasteiger partial charge in [0.15, 0.2) is 0 Å². The van der Waals surface area contributed by atoms with Gasteiger partial charge in [-0.25, -0.2) is 0 Å². The van der Waals surface area contributed by atoms with Gasteiger partial charge in [-0.05, 0) is 32.3 Å². The van der Waals surface area contributed by atoms with E-state index >= 15 is 0 Å². The van der Waals surface area contributed by atoms with Gasteiger partial charge in [0.2, 0.25) is 0 Å². The van der Waals surface area contributed by atoms with Gasteiger partial charge >= 0.3 is 0 Å². The maximum atomic E-state index is 11.4. The molecule has 1 heterocycles. The van der Waals surface area contributed by atoms with Crippen molar-refractivity contribution in [2.24, 2.45) is 5.41 Å². The molecule has 0 N–H and O–H groups in total. The number of hydrogen-bond acceptors (Lipinski definition) is 2. The lowest BCUT2D eigenvalue weighted by Crippen LogP contribution is -2.25. The molecule has 0 spiro atoms. The molecule has 1 saturated heterocycles. The standard InChI is InChI=1S/C11H20O2S/c1-4-11(5-6-14(12)9-11)8-13-7-10(2)3/h7H,4-6,8-9H2,1-3H3. The minimum Gasteiger partial charge on any atom is -0.501 e. The molecule has 0 saturated carbocycles. The van der Waals surface area contributed by atoms with E-state index in [4.69, 9.17) is 4.74 Å². The van der Waals surface area contributed by atoms with E-state index < -0.39 is 10.8 Å². The Labute approximate surface area is 89.2 Å². The Hall–Kier alpha value is -0.310. The lowest BCUT2D eigenvalue weighted by atomic mass is 9.86. The third-order valence-electron chi connectivity index (χ3n) is 2.79. The first-order valence-corrected chi connectivity index (χ1v) is 6.67. The van der Waals surface area contributed by atoms with Gasteiger partial charge in [-0.2, -0.15) is 0 Å². The topological polar surface area (TPSA) is 26.3 Å².